The average molecular weight is 305 g/mol. The van der Waals surface area contributed by atoms with Crippen molar-refractivity contribution < 1.29 is 14.6 Å². The molecule has 2 N–H and O–H groups in total. The average Bonchev–Trinajstić information content (AvgIpc) is 2.54. The predicted molar refractivity (Wildman–Crippen MR) is 87.0 cm³/mol. The Hall–Kier alpha value is -1.55. The summed E-state index contributed by atoms with van der Waals surface area (Å²) in [5.74, 6) is 1.22. The number of ether oxygens (including phenoxy) is 1. The van der Waals surface area contributed by atoms with Crippen LogP contribution in [0.25, 0.3) is 0 Å². The van der Waals surface area contributed by atoms with Crippen molar-refractivity contribution >= 4 is 5.91 Å². The summed E-state index contributed by atoms with van der Waals surface area (Å²) in [5.41, 5.74) is 1.10. The Kier molecular flexibility index (Phi) is 6.25. The third kappa shape index (κ3) is 4.73. The van der Waals surface area contributed by atoms with Crippen LogP contribution in [0, 0.1) is 5.92 Å². The van der Waals surface area contributed by atoms with E-state index in [0.717, 1.165) is 37.0 Å². The molecule has 1 amide bonds. The van der Waals surface area contributed by atoms with Gasteiger partial charge in [-0.1, -0.05) is 31.9 Å². The lowest BCUT2D eigenvalue weighted by Gasteiger charge is -2.27. The van der Waals surface area contributed by atoms with E-state index in [4.69, 9.17) is 4.74 Å². The Balaban J connectivity index is 1.80. The first-order valence-corrected chi connectivity index (χ1v) is 8.19. The van der Waals surface area contributed by atoms with Gasteiger partial charge in [-0.2, -0.15) is 0 Å². The molecule has 1 aliphatic carbocycles. The minimum absolute atomic E-state index is 0.0492. The van der Waals surface area contributed by atoms with Crippen molar-refractivity contribution in [2.45, 2.75) is 51.0 Å². The van der Waals surface area contributed by atoms with Crippen molar-refractivity contribution in [2.24, 2.45) is 5.92 Å². The van der Waals surface area contributed by atoms with Gasteiger partial charge in [-0.3, -0.25) is 4.79 Å². The third-order valence-electron chi connectivity index (χ3n) is 4.58. The third-order valence-corrected chi connectivity index (χ3v) is 4.58. The van der Waals surface area contributed by atoms with E-state index in [-0.39, 0.29) is 23.8 Å². The summed E-state index contributed by atoms with van der Waals surface area (Å²) in [7, 11) is 1.64. The second kappa shape index (κ2) is 8.18. The highest BCUT2D eigenvalue weighted by Crippen LogP contribution is 2.25. The van der Waals surface area contributed by atoms with Crippen molar-refractivity contribution in [1.29, 1.82) is 0 Å². The molecule has 0 unspecified atom stereocenters. The first-order chi connectivity index (χ1) is 10.6. The zero-order valence-corrected chi connectivity index (χ0v) is 13.5. The molecule has 122 valence electrons. The minimum Gasteiger partial charge on any atom is -0.497 e. The van der Waals surface area contributed by atoms with Gasteiger partial charge >= 0.3 is 0 Å². The lowest BCUT2D eigenvalue weighted by Crippen LogP contribution is -2.37. The van der Waals surface area contributed by atoms with E-state index in [1.54, 1.807) is 7.11 Å². The molecule has 1 aliphatic rings. The van der Waals surface area contributed by atoms with E-state index in [1.807, 2.05) is 31.2 Å². The van der Waals surface area contributed by atoms with Crippen molar-refractivity contribution in [1.82, 2.24) is 5.32 Å². The Morgan fingerprint density at radius 3 is 2.91 bits per heavy atom. The van der Waals surface area contributed by atoms with Crippen molar-refractivity contribution in [3.05, 3.63) is 29.8 Å². The molecule has 0 saturated heterocycles. The molecule has 1 fully saturated rings. The fraction of sp³-hybridized carbons (Fsp3) is 0.611. The molecule has 0 aliphatic heterocycles. The van der Waals surface area contributed by atoms with Crippen LogP contribution in [0.1, 0.15) is 50.5 Å². The van der Waals surface area contributed by atoms with E-state index in [9.17, 15) is 9.90 Å². The van der Waals surface area contributed by atoms with Crippen LogP contribution in [0.15, 0.2) is 24.3 Å². The molecule has 1 saturated carbocycles. The topological polar surface area (TPSA) is 58.6 Å². The van der Waals surface area contributed by atoms with Crippen LogP contribution in [0.2, 0.25) is 0 Å². The van der Waals surface area contributed by atoms with Gasteiger partial charge in [0, 0.05) is 18.9 Å². The van der Waals surface area contributed by atoms with E-state index in [1.165, 1.54) is 0 Å². The zero-order chi connectivity index (χ0) is 15.9. The number of hydrogen-bond acceptors (Lipinski definition) is 3. The quantitative estimate of drug-likeness (QED) is 0.849. The summed E-state index contributed by atoms with van der Waals surface area (Å²) >= 11 is 0. The SMILES string of the molecule is COc1cccc([C@H](C)CC(=O)NC[C@H]2CCCC[C@@H]2O)c1. The number of benzene rings is 1. The summed E-state index contributed by atoms with van der Waals surface area (Å²) in [6, 6.07) is 7.84. The van der Waals surface area contributed by atoms with Crippen molar-refractivity contribution in [3.8, 4) is 5.75 Å². The van der Waals surface area contributed by atoms with Gasteiger partial charge in [0.05, 0.1) is 13.2 Å². The molecule has 0 heterocycles. The normalized spacial score (nSPS) is 22.9. The van der Waals surface area contributed by atoms with Crippen molar-refractivity contribution in [2.75, 3.05) is 13.7 Å². The van der Waals surface area contributed by atoms with Crippen LogP contribution in [0.5, 0.6) is 5.75 Å². The van der Waals surface area contributed by atoms with Gasteiger partial charge in [0.1, 0.15) is 5.75 Å². The minimum atomic E-state index is -0.259. The monoisotopic (exact) mass is 305 g/mol. The van der Waals surface area contributed by atoms with Gasteiger partial charge in [-0.05, 0) is 36.5 Å². The first kappa shape index (κ1) is 16.8. The van der Waals surface area contributed by atoms with Gasteiger partial charge in [0.15, 0.2) is 0 Å². The number of methoxy groups -OCH3 is 1. The van der Waals surface area contributed by atoms with Gasteiger partial charge < -0.3 is 15.2 Å². The van der Waals surface area contributed by atoms with E-state index in [0.29, 0.717) is 13.0 Å². The highest BCUT2D eigenvalue weighted by atomic mass is 16.5. The van der Waals surface area contributed by atoms with Crippen LogP contribution >= 0.6 is 0 Å². The molecular weight excluding hydrogens is 278 g/mol. The molecule has 0 bridgehead atoms. The molecule has 0 aromatic heterocycles. The van der Waals surface area contributed by atoms with Gasteiger partial charge in [0.25, 0.3) is 0 Å². The summed E-state index contributed by atoms with van der Waals surface area (Å²) < 4.78 is 5.22. The summed E-state index contributed by atoms with van der Waals surface area (Å²) in [6.45, 7) is 2.63. The van der Waals surface area contributed by atoms with E-state index < -0.39 is 0 Å². The Morgan fingerprint density at radius 1 is 1.41 bits per heavy atom. The maximum atomic E-state index is 12.1. The van der Waals surface area contributed by atoms with Gasteiger partial charge in [0.2, 0.25) is 5.91 Å². The smallest absolute Gasteiger partial charge is 0.220 e. The molecule has 1 aromatic carbocycles. The fourth-order valence-corrected chi connectivity index (χ4v) is 3.09. The second-order valence-corrected chi connectivity index (χ2v) is 6.30. The number of rotatable bonds is 6. The van der Waals surface area contributed by atoms with Gasteiger partial charge in [-0.15, -0.1) is 0 Å². The molecule has 22 heavy (non-hydrogen) atoms. The van der Waals surface area contributed by atoms with Crippen LogP contribution in [0.3, 0.4) is 0 Å². The largest absolute Gasteiger partial charge is 0.497 e. The summed E-state index contributed by atoms with van der Waals surface area (Å²) in [6.07, 6.45) is 4.31. The lowest BCUT2D eigenvalue weighted by molar-refractivity contribution is -0.121. The number of aliphatic hydroxyl groups excluding tert-OH is 1. The number of hydrogen-bond donors (Lipinski definition) is 2. The highest BCUT2D eigenvalue weighted by molar-refractivity contribution is 5.76. The van der Waals surface area contributed by atoms with Crippen LogP contribution in [-0.4, -0.2) is 30.8 Å². The molecular formula is C18H27NO3. The Labute approximate surface area is 132 Å². The molecule has 2 rings (SSSR count). The van der Waals surface area contributed by atoms with Gasteiger partial charge in [-0.25, -0.2) is 0 Å². The second-order valence-electron chi connectivity index (χ2n) is 6.30. The lowest BCUT2D eigenvalue weighted by atomic mass is 9.86. The highest BCUT2D eigenvalue weighted by Gasteiger charge is 2.23. The van der Waals surface area contributed by atoms with Crippen LogP contribution in [-0.2, 0) is 4.79 Å². The number of amides is 1. The summed E-state index contributed by atoms with van der Waals surface area (Å²) in [4.78, 5) is 12.1. The first-order valence-electron chi connectivity index (χ1n) is 8.19. The molecule has 4 nitrogen and oxygen atoms in total. The molecule has 3 atom stereocenters. The molecule has 4 heteroatoms. The Morgan fingerprint density at radius 2 is 2.18 bits per heavy atom. The fourth-order valence-electron chi connectivity index (χ4n) is 3.09. The molecule has 0 spiro atoms. The standard InChI is InChI=1S/C18H27NO3/c1-13(14-7-5-8-16(11-14)22-2)10-18(21)19-12-15-6-3-4-9-17(15)20/h5,7-8,11,13,15,17,20H,3-4,6,9-10,12H2,1-2H3,(H,19,21)/t13-,15-,17+/m1/s1. The van der Waals surface area contributed by atoms with E-state index >= 15 is 0 Å². The number of carbonyl (C=O) groups excluding carboxylic acids is 1. The van der Waals surface area contributed by atoms with Crippen molar-refractivity contribution in [3.63, 3.8) is 0 Å². The Bertz CT molecular complexity index is 489. The van der Waals surface area contributed by atoms with Crippen LogP contribution in [0.4, 0.5) is 0 Å². The zero-order valence-electron chi connectivity index (χ0n) is 13.5. The van der Waals surface area contributed by atoms with E-state index in [2.05, 4.69) is 5.32 Å². The molecule has 0 radical (unpaired) electrons. The predicted octanol–water partition coefficient (Wildman–Crippen LogP) is 2.86. The number of nitrogens with one attached hydrogen (secondary N) is 1. The maximum Gasteiger partial charge on any atom is 0.220 e. The number of carbonyl (C=O) groups is 1. The van der Waals surface area contributed by atoms with Crippen LogP contribution < -0.4 is 10.1 Å². The molecule has 1 aromatic rings. The maximum absolute atomic E-state index is 12.1. The summed E-state index contributed by atoms with van der Waals surface area (Å²) in [5, 5.41) is 12.9. The number of aliphatic hydroxyl groups is 1.